The van der Waals surface area contributed by atoms with Gasteiger partial charge in [0, 0.05) is 6.54 Å². The Morgan fingerprint density at radius 3 is 2.62 bits per heavy atom. The molecule has 2 unspecified atom stereocenters. The van der Waals surface area contributed by atoms with E-state index in [9.17, 15) is 0 Å². The lowest BCUT2D eigenvalue weighted by Gasteiger charge is -2.16. The van der Waals surface area contributed by atoms with Gasteiger partial charge in [0.1, 0.15) is 0 Å². The fraction of sp³-hybridized carbons (Fsp3) is 0.462. The third kappa shape index (κ3) is 4.01. The standard InChI is InChI=1S/C13H18N2O/c1-11(12-5-3-2-4-6-12)9-13(10-14)15-7-8-16/h2-6,11,13,15-16H,7-9H2,1H3. The Hall–Kier alpha value is -1.37. The average Bonchev–Trinajstić information content (AvgIpc) is 2.35. The minimum atomic E-state index is -0.192. The smallest absolute Gasteiger partial charge is 0.0959 e. The Labute approximate surface area is 96.7 Å². The zero-order valence-corrected chi connectivity index (χ0v) is 9.56. The van der Waals surface area contributed by atoms with Crippen LogP contribution in [-0.2, 0) is 0 Å². The molecule has 0 amide bonds. The molecule has 0 saturated carbocycles. The fourth-order valence-electron chi connectivity index (χ4n) is 1.69. The molecule has 1 aromatic carbocycles. The molecule has 16 heavy (non-hydrogen) atoms. The van der Waals surface area contributed by atoms with E-state index in [1.807, 2.05) is 18.2 Å². The van der Waals surface area contributed by atoms with Crippen molar-refractivity contribution < 1.29 is 5.11 Å². The molecule has 0 aliphatic heterocycles. The van der Waals surface area contributed by atoms with Gasteiger partial charge in [0.2, 0.25) is 0 Å². The molecule has 86 valence electrons. The van der Waals surface area contributed by atoms with Gasteiger partial charge < -0.3 is 5.11 Å². The number of rotatable bonds is 6. The molecule has 0 heterocycles. The third-order valence-electron chi connectivity index (χ3n) is 2.62. The van der Waals surface area contributed by atoms with Crippen molar-refractivity contribution >= 4 is 0 Å². The summed E-state index contributed by atoms with van der Waals surface area (Å²) >= 11 is 0. The van der Waals surface area contributed by atoms with E-state index in [2.05, 4.69) is 30.4 Å². The Bertz CT molecular complexity index is 332. The molecule has 0 spiro atoms. The van der Waals surface area contributed by atoms with Crippen molar-refractivity contribution in [1.82, 2.24) is 5.32 Å². The van der Waals surface area contributed by atoms with Crippen LogP contribution in [0.3, 0.4) is 0 Å². The maximum Gasteiger partial charge on any atom is 0.0959 e. The van der Waals surface area contributed by atoms with Crippen LogP contribution >= 0.6 is 0 Å². The summed E-state index contributed by atoms with van der Waals surface area (Å²) in [5, 5.41) is 20.7. The molecular weight excluding hydrogens is 200 g/mol. The van der Waals surface area contributed by atoms with Gasteiger partial charge in [-0.3, -0.25) is 5.32 Å². The van der Waals surface area contributed by atoms with Crippen LogP contribution in [0.4, 0.5) is 0 Å². The summed E-state index contributed by atoms with van der Waals surface area (Å²) < 4.78 is 0. The molecule has 2 atom stereocenters. The van der Waals surface area contributed by atoms with Gasteiger partial charge in [-0.05, 0) is 17.9 Å². The Kier molecular flexibility index (Phi) is 5.55. The topological polar surface area (TPSA) is 56.0 Å². The maximum atomic E-state index is 8.95. The Morgan fingerprint density at radius 2 is 2.06 bits per heavy atom. The first kappa shape index (κ1) is 12.7. The molecule has 3 nitrogen and oxygen atoms in total. The predicted octanol–water partition coefficient (Wildman–Crippen LogP) is 1.65. The lowest BCUT2D eigenvalue weighted by molar-refractivity contribution is 0.287. The normalized spacial score (nSPS) is 14.1. The Morgan fingerprint density at radius 1 is 1.38 bits per heavy atom. The molecule has 0 aromatic heterocycles. The lowest BCUT2D eigenvalue weighted by Crippen LogP contribution is -2.31. The van der Waals surface area contributed by atoms with Crippen LogP contribution in [0.5, 0.6) is 0 Å². The highest BCUT2D eigenvalue weighted by Crippen LogP contribution is 2.19. The Balaban J connectivity index is 2.50. The van der Waals surface area contributed by atoms with Gasteiger partial charge in [-0.2, -0.15) is 5.26 Å². The number of hydrogen-bond acceptors (Lipinski definition) is 3. The van der Waals surface area contributed by atoms with Crippen LogP contribution in [0, 0.1) is 11.3 Å². The molecule has 2 N–H and O–H groups in total. The predicted molar refractivity (Wildman–Crippen MR) is 64.0 cm³/mol. The van der Waals surface area contributed by atoms with E-state index < -0.39 is 0 Å². The van der Waals surface area contributed by atoms with Crippen LogP contribution < -0.4 is 5.32 Å². The highest BCUT2D eigenvalue weighted by molar-refractivity contribution is 5.19. The molecular formula is C13H18N2O. The summed E-state index contributed by atoms with van der Waals surface area (Å²) in [4.78, 5) is 0. The fourth-order valence-corrected chi connectivity index (χ4v) is 1.69. The summed E-state index contributed by atoms with van der Waals surface area (Å²) in [6.45, 7) is 2.65. The van der Waals surface area contributed by atoms with E-state index in [0.717, 1.165) is 6.42 Å². The SMILES string of the molecule is CC(CC(C#N)NCCO)c1ccccc1. The monoisotopic (exact) mass is 218 g/mol. The average molecular weight is 218 g/mol. The second-order valence-electron chi connectivity index (χ2n) is 3.91. The van der Waals surface area contributed by atoms with E-state index in [4.69, 9.17) is 10.4 Å². The first-order valence-corrected chi connectivity index (χ1v) is 5.56. The minimum Gasteiger partial charge on any atom is -0.395 e. The first-order chi connectivity index (χ1) is 7.77. The molecule has 0 radical (unpaired) electrons. The number of nitriles is 1. The van der Waals surface area contributed by atoms with Gasteiger partial charge in [0.15, 0.2) is 0 Å². The van der Waals surface area contributed by atoms with E-state index in [1.54, 1.807) is 0 Å². The second-order valence-corrected chi connectivity index (χ2v) is 3.91. The van der Waals surface area contributed by atoms with Gasteiger partial charge in [0.05, 0.1) is 18.7 Å². The summed E-state index contributed by atoms with van der Waals surface area (Å²) in [5.74, 6) is 0.344. The van der Waals surface area contributed by atoms with Crippen molar-refractivity contribution in [1.29, 1.82) is 5.26 Å². The molecule has 1 rings (SSSR count). The van der Waals surface area contributed by atoms with Crippen LogP contribution in [0.1, 0.15) is 24.8 Å². The third-order valence-corrected chi connectivity index (χ3v) is 2.62. The summed E-state index contributed by atoms with van der Waals surface area (Å²) in [6, 6.07) is 12.2. The molecule has 0 fully saturated rings. The number of hydrogen-bond donors (Lipinski definition) is 2. The quantitative estimate of drug-likeness (QED) is 0.763. The number of nitrogens with zero attached hydrogens (tertiary/aromatic N) is 1. The van der Waals surface area contributed by atoms with Gasteiger partial charge >= 0.3 is 0 Å². The van der Waals surface area contributed by atoms with Gasteiger partial charge in [0.25, 0.3) is 0 Å². The molecule has 0 aliphatic rings. The van der Waals surface area contributed by atoms with Crippen LogP contribution in [0.2, 0.25) is 0 Å². The molecule has 0 aliphatic carbocycles. The van der Waals surface area contributed by atoms with Crippen LogP contribution in [0.25, 0.3) is 0 Å². The number of aliphatic hydroxyl groups is 1. The van der Waals surface area contributed by atoms with Crippen LogP contribution in [-0.4, -0.2) is 24.3 Å². The van der Waals surface area contributed by atoms with Crippen molar-refractivity contribution in [2.45, 2.75) is 25.3 Å². The zero-order chi connectivity index (χ0) is 11.8. The van der Waals surface area contributed by atoms with E-state index in [1.165, 1.54) is 5.56 Å². The van der Waals surface area contributed by atoms with Crippen molar-refractivity contribution in [3.8, 4) is 6.07 Å². The lowest BCUT2D eigenvalue weighted by atomic mass is 9.94. The van der Waals surface area contributed by atoms with Crippen LogP contribution in [0.15, 0.2) is 30.3 Å². The molecule has 1 aromatic rings. The zero-order valence-electron chi connectivity index (χ0n) is 9.56. The van der Waals surface area contributed by atoms with Crippen molar-refractivity contribution in [2.24, 2.45) is 0 Å². The van der Waals surface area contributed by atoms with E-state index in [-0.39, 0.29) is 12.6 Å². The van der Waals surface area contributed by atoms with Crippen molar-refractivity contribution in [3.63, 3.8) is 0 Å². The molecule has 0 saturated heterocycles. The number of aliphatic hydroxyl groups excluding tert-OH is 1. The highest BCUT2D eigenvalue weighted by atomic mass is 16.3. The van der Waals surface area contributed by atoms with E-state index in [0.29, 0.717) is 12.5 Å². The first-order valence-electron chi connectivity index (χ1n) is 5.56. The largest absolute Gasteiger partial charge is 0.395 e. The number of nitrogens with one attached hydrogen (secondary N) is 1. The maximum absolute atomic E-state index is 8.95. The van der Waals surface area contributed by atoms with Gasteiger partial charge in [-0.25, -0.2) is 0 Å². The second kappa shape index (κ2) is 7.00. The van der Waals surface area contributed by atoms with Gasteiger partial charge in [-0.1, -0.05) is 37.3 Å². The minimum absolute atomic E-state index is 0.0674. The van der Waals surface area contributed by atoms with Crippen molar-refractivity contribution in [3.05, 3.63) is 35.9 Å². The number of benzene rings is 1. The van der Waals surface area contributed by atoms with Gasteiger partial charge in [-0.15, -0.1) is 0 Å². The molecule has 3 heteroatoms. The van der Waals surface area contributed by atoms with E-state index >= 15 is 0 Å². The summed E-state index contributed by atoms with van der Waals surface area (Å²) in [7, 11) is 0. The summed E-state index contributed by atoms with van der Waals surface area (Å²) in [6.07, 6.45) is 0.764. The molecule has 0 bridgehead atoms. The summed E-state index contributed by atoms with van der Waals surface area (Å²) in [5.41, 5.74) is 1.24. The highest BCUT2D eigenvalue weighted by Gasteiger charge is 2.12. The van der Waals surface area contributed by atoms with Crippen molar-refractivity contribution in [2.75, 3.05) is 13.2 Å².